The minimum Gasteiger partial charge on any atom is -0.449 e. The quantitative estimate of drug-likeness (QED) is 0.454. The highest BCUT2D eigenvalue weighted by Crippen LogP contribution is 2.28. The number of nitrogens with two attached hydrogens (primary N) is 1. The summed E-state index contributed by atoms with van der Waals surface area (Å²) in [4.78, 5) is 17.5. The summed E-state index contributed by atoms with van der Waals surface area (Å²) in [5, 5.41) is 4.18. The molecule has 9 nitrogen and oxygen atoms in total. The Hall–Kier alpha value is -3.15. The predicted molar refractivity (Wildman–Crippen MR) is 136 cm³/mol. The molecule has 1 atom stereocenters. The number of nitrogen functional groups attached to an aromatic ring is 1. The number of hydrogen-bond acceptors (Lipinski definition) is 8. The van der Waals surface area contributed by atoms with Gasteiger partial charge in [0.05, 0.1) is 11.9 Å². The van der Waals surface area contributed by atoms with Crippen molar-refractivity contribution in [3.8, 4) is 6.01 Å². The van der Waals surface area contributed by atoms with Gasteiger partial charge in [0, 0.05) is 32.3 Å². The van der Waals surface area contributed by atoms with Crippen LogP contribution in [0.25, 0.3) is 5.65 Å². The third kappa shape index (κ3) is 6.41. The lowest BCUT2D eigenvalue weighted by molar-refractivity contribution is -0.198. The summed E-state index contributed by atoms with van der Waals surface area (Å²) < 4.78 is 46.6. The van der Waals surface area contributed by atoms with E-state index in [1.807, 2.05) is 13.1 Å². The van der Waals surface area contributed by atoms with Crippen molar-refractivity contribution in [2.24, 2.45) is 5.92 Å². The molecule has 0 saturated carbocycles. The molecular formula is C25H35F3N8O. The topological polar surface area (TPSA) is 97.7 Å². The second-order valence-electron chi connectivity index (χ2n) is 10.1. The zero-order valence-corrected chi connectivity index (χ0v) is 21.8. The number of anilines is 2. The molecule has 0 bridgehead atoms. The number of imidazole rings is 1. The summed E-state index contributed by atoms with van der Waals surface area (Å²) in [6.07, 6.45) is -0.313. The average molecular weight is 521 g/mol. The third-order valence-electron chi connectivity index (χ3n) is 6.63. The molecule has 37 heavy (non-hydrogen) atoms. The van der Waals surface area contributed by atoms with Gasteiger partial charge in [-0.15, -0.1) is 5.10 Å². The van der Waals surface area contributed by atoms with E-state index in [1.54, 1.807) is 13.1 Å². The number of fused-ring (bicyclic) bond motifs is 1. The standard InChI is InChI=1S/C25H35F3N8O/c1-5-6-20(25(26,27)28)37-24-32-21(29)23-31-14-19(36(23)33-24)12-18-11-16(2)22(30-13-18)35-9-7-17(8-10-35)15-34(3)4/h11,13-14,17,20H,5-10,12,15H2,1-4H3,(H2,29,32,33). The van der Waals surface area contributed by atoms with Crippen molar-refractivity contribution in [2.45, 2.75) is 58.2 Å². The highest BCUT2D eigenvalue weighted by molar-refractivity contribution is 5.60. The fourth-order valence-corrected chi connectivity index (χ4v) is 4.88. The van der Waals surface area contributed by atoms with Gasteiger partial charge in [0.15, 0.2) is 17.6 Å². The van der Waals surface area contributed by atoms with Gasteiger partial charge in [0.25, 0.3) is 0 Å². The Kier molecular flexibility index (Phi) is 8.05. The fourth-order valence-electron chi connectivity index (χ4n) is 4.88. The zero-order valence-electron chi connectivity index (χ0n) is 21.8. The molecule has 202 valence electrons. The molecule has 1 aliphatic heterocycles. The van der Waals surface area contributed by atoms with Crippen LogP contribution in [0, 0.1) is 12.8 Å². The van der Waals surface area contributed by atoms with Gasteiger partial charge < -0.3 is 20.3 Å². The SMILES string of the molecule is CCCC(Oc1nc(N)c2ncc(Cc3cnc(N4CCC(CN(C)C)CC4)c(C)c3)n2n1)C(F)(F)F. The van der Waals surface area contributed by atoms with E-state index in [4.69, 9.17) is 15.5 Å². The fraction of sp³-hybridized carbons (Fsp3) is 0.600. The maximum Gasteiger partial charge on any atom is 0.425 e. The molecule has 0 amide bonds. The predicted octanol–water partition coefficient (Wildman–Crippen LogP) is 3.89. The Labute approximate surface area is 214 Å². The minimum absolute atomic E-state index is 0.0454. The maximum atomic E-state index is 13.3. The van der Waals surface area contributed by atoms with Crippen molar-refractivity contribution in [1.29, 1.82) is 0 Å². The Morgan fingerprint density at radius 3 is 2.54 bits per heavy atom. The van der Waals surface area contributed by atoms with E-state index in [9.17, 15) is 13.2 Å². The molecule has 1 fully saturated rings. The van der Waals surface area contributed by atoms with Gasteiger partial charge >= 0.3 is 12.2 Å². The van der Waals surface area contributed by atoms with Crippen LogP contribution in [0.15, 0.2) is 18.5 Å². The van der Waals surface area contributed by atoms with Crippen LogP contribution in [-0.2, 0) is 6.42 Å². The molecule has 1 aliphatic rings. The number of halogens is 3. The first-order chi connectivity index (χ1) is 17.5. The van der Waals surface area contributed by atoms with Gasteiger partial charge in [-0.25, -0.2) is 14.5 Å². The van der Waals surface area contributed by atoms with Crippen molar-refractivity contribution in [1.82, 2.24) is 29.5 Å². The van der Waals surface area contributed by atoms with E-state index in [0.717, 1.165) is 49.4 Å². The Morgan fingerprint density at radius 2 is 1.92 bits per heavy atom. The lowest BCUT2D eigenvalue weighted by Gasteiger charge is -2.34. The van der Waals surface area contributed by atoms with Crippen LogP contribution in [0.5, 0.6) is 6.01 Å². The molecule has 3 aromatic rings. The normalized spacial score (nSPS) is 16.1. The summed E-state index contributed by atoms with van der Waals surface area (Å²) in [5.74, 6) is 1.65. The monoisotopic (exact) mass is 520 g/mol. The van der Waals surface area contributed by atoms with Crippen LogP contribution in [0.3, 0.4) is 0 Å². The molecule has 2 N–H and O–H groups in total. The molecule has 1 saturated heterocycles. The van der Waals surface area contributed by atoms with Crippen LogP contribution >= 0.6 is 0 Å². The van der Waals surface area contributed by atoms with Crippen molar-refractivity contribution in [3.05, 3.63) is 35.3 Å². The Bertz CT molecular complexity index is 1200. The average Bonchev–Trinajstić information content (AvgIpc) is 3.22. The van der Waals surface area contributed by atoms with Crippen molar-refractivity contribution in [3.63, 3.8) is 0 Å². The first-order valence-corrected chi connectivity index (χ1v) is 12.6. The van der Waals surface area contributed by atoms with Gasteiger partial charge in [0.2, 0.25) is 0 Å². The molecule has 1 unspecified atom stereocenters. The van der Waals surface area contributed by atoms with Gasteiger partial charge in [-0.2, -0.15) is 18.2 Å². The second kappa shape index (κ2) is 11.1. The molecule has 4 rings (SSSR count). The first kappa shape index (κ1) is 26.9. The van der Waals surface area contributed by atoms with Crippen LogP contribution in [0.1, 0.15) is 49.4 Å². The van der Waals surface area contributed by atoms with Crippen molar-refractivity contribution >= 4 is 17.3 Å². The molecule has 12 heteroatoms. The largest absolute Gasteiger partial charge is 0.449 e. The number of pyridine rings is 1. The number of alkyl halides is 3. The molecule has 0 spiro atoms. The van der Waals surface area contributed by atoms with Gasteiger partial charge in [-0.3, -0.25) is 0 Å². The number of aryl methyl sites for hydroxylation is 1. The number of nitrogens with zero attached hydrogens (tertiary/aromatic N) is 7. The van der Waals surface area contributed by atoms with Crippen molar-refractivity contribution < 1.29 is 17.9 Å². The van der Waals surface area contributed by atoms with Crippen LogP contribution in [-0.4, -0.2) is 75.5 Å². The number of hydrogen-bond donors (Lipinski definition) is 1. The summed E-state index contributed by atoms with van der Waals surface area (Å²) in [6.45, 7) is 6.77. The number of piperidine rings is 1. The molecule has 4 heterocycles. The van der Waals surface area contributed by atoms with Gasteiger partial charge in [-0.05, 0) is 57.3 Å². The molecular weight excluding hydrogens is 485 g/mol. The van der Waals surface area contributed by atoms with E-state index >= 15 is 0 Å². The minimum atomic E-state index is -4.53. The maximum absolute atomic E-state index is 13.3. The highest BCUT2D eigenvalue weighted by Gasteiger charge is 2.41. The van der Waals surface area contributed by atoms with Crippen LogP contribution < -0.4 is 15.4 Å². The second-order valence-corrected chi connectivity index (χ2v) is 10.1. The first-order valence-electron chi connectivity index (χ1n) is 12.6. The summed E-state index contributed by atoms with van der Waals surface area (Å²) in [7, 11) is 4.22. The Morgan fingerprint density at radius 1 is 1.19 bits per heavy atom. The lowest BCUT2D eigenvalue weighted by Crippen LogP contribution is -2.37. The van der Waals surface area contributed by atoms with E-state index in [0.29, 0.717) is 24.5 Å². The van der Waals surface area contributed by atoms with Crippen LogP contribution in [0.2, 0.25) is 0 Å². The van der Waals surface area contributed by atoms with E-state index in [1.165, 1.54) is 4.52 Å². The summed E-state index contributed by atoms with van der Waals surface area (Å²) in [6, 6.07) is 1.65. The third-order valence-corrected chi connectivity index (χ3v) is 6.63. The van der Waals surface area contributed by atoms with E-state index < -0.39 is 18.3 Å². The zero-order chi connectivity index (χ0) is 26.7. The lowest BCUT2D eigenvalue weighted by atomic mass is 9.96. The summed E-state index contributed by atoms with van der Waals surface area (Å²) in [5.41, 5.74) is 8.89. The number of rotatable bonds is 9. The molecule has 0 radical (unpaired) electrons. The number of aromatic nitrogens is 5. The van der Waals surface area contributed by atoms with Crippen molar-refractivity contribution in [2.75, 3.05) is 44.4 Å². The Balaban J connectivity index is 1.51. The van der Waals surface area contributed by atoms with E-state index in [2.05, 4.69) is 45.0 Å². The van der Waals surface area contributed by atoms with E-state index in [-0.39, 0.29) is 17.9 Å². The highest BCUT2D eigenvalue weighted by atomic mass is 19.4. The molecule has 0 aromatic carbocycles. The van der Waals surface area contributed by atoms with Gasteiger partial charge in [-0.1, -0.05) is 19.4 Å². The van der Waals surface area contributed by atoms with Crippen LogP contribution in [0.4, 0.5) is 24.8 Å². The molecule has 3 aromatic heterocycles. The van der Waals surface area contributed by atoms with Gasteiger partial charge in [0.1, 0.15) is 5.82 Å². The summed E-state index contributed by atoms with van der Waals surface area (Å²) >= 11 is 0. The molecule has 0 aliphatic carbocycles. The smallest absolute Gasteiger partial charge is 0.425 e. The number of ether oxygens (including phenoxy) is 1.